The van der Waals surface area contributed by atoms with Gasteiger partial charge in [0.1, 0.15) is 0 Å². The zero-order valence-electron chi connectivity index (χ0n) is 11.9. The molecule has 110 valence electrons. The van der Waals surface area contributed by atoms with Gasteiger partial charge in [0, 0.05) is 30.6 Å². The number of nitrogens with two attached hydrogens (primary N) is 1. The summed E-state index contributed by atoms with van der Waals surface area (Å²) in [6.07, 6.45) is 4.10. The Bertz CT molecular complexity index is 618. The number of anilines is 1. The van der Waals surface area contributed by atoms with E-state index in [9.17, 15) is 8.42 Å². The topological polar surface area (TPSA) is 87.2 Å². The number of nitrogens with one attached hydrogen (secondary N) is 1. The van der Waals surface area contributed by atoms with Crippen LogP contribution in [0.5, 0.6) is 0 Å². The molecule has 6 heteroatoms. The highest BCUT2D eigenvalue weighted by atomic mass is 32.2. The van der Waals surface area contributed by atoms with Gasteiger partial charge in [-0.25, -0.2) is 12.7 Å². The summed E-state index contributed by atoms with van der Waals surface area (Å²) in [5.74, 6) is 0.271. The van der Waals surface area contributed by atoms with Crippen LogP contribution >= 0.6 is 0 Å². The Hall–Kier alpha value is -1.40. The molecule has 2 rings (SSSR count). The fourth-order valence-corrected chi connectivity index (χ4v) is 3.65. The van der Waals surface area contributed by atoms with Crippen LogP contribution in [0.1, 0.15) is 35.4 Å². The van der Waals surface area contributed by atoms with Crippen molar-refractivity contribution < 1.29 is 8.42 Å². The fraction of sp³-hybridized carbons (Fsp3) is 0.500. The van der Waals surface area contributed by atoms with E-state index in [2.05, 4.69) is 0 Å². The summed E-state index contributed by atoms with van der Waals surface area (Å²) >= 11 is 0. The molecule has 0 radical (unpaired) electrons. The molecule has 0 unspecified atom stereocenters. The lowest BCUT2D eigenvalue weighted by Gasteiger charge is -2.31. The molecule has 0 spiro atoms. The summed E-state index contributed by atoms with van der Waals surface area (Å²) in [4.78, 5) is 0. The van der Waals surface area contributed by atoms with Gasteiger partial charge in [-0.15, -0.1) is 0 Å². The Kier molecular flexibility index (Phi) is 4.15. The van der Waals surface area contributed by atoms with E-state index in [1.54, 1.807) is 0 Å². The normalized spacial score (nSPS) is 18.1. The van der Waals surface area contributed by atoms with Crippen molar-refractivity contribution in [1.82, 2.24) is 4.31 Å². The van der Waals surface area contributed by atoms with Crippen LogP contribution in [-0.4, -0.2) is 38.3 Å². The van der Waals surface area contributed by atoms with Crippen molar-refractivity contribution >= 4 is 21.9 Å². The Morgan fingerprint density at radius 2 is 1.95 bits per heavy atom. The summed E-state index contributed by atoms with van der Waals surface area (Å²) < 4.78 is 24.6. The van der Waals surface area contributed by atoms with E-state index in [-0.39, 0.29) is 5.92 Å². The second kappa shape index (κ2) is 5.54. The van der Waals surface area contributed by atoms with Crippen LogP contribution in [-0.2, 0) is 10.0 Å². The van der Waals surface area contributed by atoms with Crippen LogP contribution in [0, 0.1) is 12.3 Å². The third-order valence-corrected chi connectivity index (χ3v) is 5.35. The van der Waals surface area contributed by atoms with Crippen LogP contribution in [0.3, 0.4) is 0 Å². The van der Waals surface area contributed by atoms with E-state index in [1.807, 2.05) is 19.1 Å². The molecule has 1 aromatic carbocycles. The van der Waals surface area contributed by atoms with Crippen LogP contribution < -0.4 is 5.73 Å². The van der Waals surface area contributed by atoms with E-state index in [4.69, 9.17) is 11.1 Å². The summed E-state index contributed by atoms with van der Waals surface area (Å²) in [7, 11) is -3.10. The molecule has 0 atom stereocenters. The summed E-state index contributed by atoms with van der Waals surface area (Å²) in [6.45, 7) is 3.00. The van der Waals surface area contributed by atoms with Crippen LogP contribution in [0.25, 0.3) is 0 Å². The number of aryl methyl sites for hydroxylation is 1. The highest BCUT2D eigenvalue weighted by Gasteiger charge is 2.27. The first kappa shape index (κ1) is 15.0. The van der Waals surface area contributed by atoms with Crippen molar-refractivity contribution in [3.05, 3.63) is 28.8 Å². The molecule has 0 saturated carbocycles. The predicted molar refractivity (Wildman–Crippen MR) is 81.9 cm³/mol. The standard InChI is InChI=1S/C14H21N3O2S/c1-10-3-4-12(13(9-15)14(10)16)11-5-7-17(8-6-11)20(2,18)19/h3-4,9,11,15H,5-8,16H2,1-2H3. The number of nitrogens with zero attached hydrogens (tertiary/aromatic N) is 1. The quantitative estimate of drug-likeness (QED) is 0.657. The first-order valence-corrected chi connectivity index (χ1v) is 8.54. The Morgan fingerprint density at radius 1 is 1.35 bits per heavy atom. The number of nitrogen functional groups attached to an aromatic ring is 1. The third-order valence-electron chi connectivity index (χ3n) is 4.05. The molecule has 1 aliphatic heterocycles. The largest absolute Gasteiger partial charge is 0.398 e. The molecule has 1 heterocycles. The van der Waals surface area contributed by atoms with E-state index < -0.39 is 10.0 Å². The van der Waals surface area contributed by atoms with Gasteiger partial charge in [0.05, 0.1) is 6.26 Å². The van der Waals surface area contributed by atoms with Gasteiger partial charge in [-0.3, -0.25) is 0 Å². The van der Waals surface area contributed by atoms with Gasteiger partial charge in [0.25, 0.3) is 0 Å². The first-order valence-electron chi connectivity index (χ1n) is 6.69. The van der Waals surface area contributed by atoms with Gasteiger partial charge < -0.3 is 11.1 Å². The minimum absolute atomic E-state index is 0.271. The summed E-state index contributed by atoms with van der Waals surface area (Å²) in [5.41, 5.74) is 9.51. The highest BCUT2D eigenvalue weighted by molar-refractivity contribution is 7.88. The van der Waals surface area contributed by atoms with Crippen molar-refractivity contribution in [2.45, 2.75) is 25.7 Å². The van der Waals surface area contributed by atoms with E-state index in [0.717, 1.165) is 29.5 Å². The van der Waals surface area contributed by atoms with E-state index >= 15 is 0 Å². The summed E-state index contributed by atoms with van der Waals surface area (Å²) in [5, 5.41) is 7.57. The predicted octanol–water partition coefficient (Wildman–Crippen LogP) is 1.71. The Balaban J connectivity index is 2.23. The van der Waals surface area contributed by atoms with Crippen LogP contribution in [0.2, 0.25) is 0 Å². The van der Waals surface area contributed by atoms with E-state index in [1.165, 1.54) is 16.8 Å². The Morgan fingerprint density at radius 3 is 2.45 bits per heavy atom. The van der Waals surface area contributed by atoms with Crippen LogP contribution in [0.4, 0.5) is 5.69 Å². The fourth-order valence-electron chi connectivity index (χ4n) is 2.78. The number of hydrogen-bond donors (Lipinski definition) is 2. The van der Waals surface area contributed by atoms with Gasteiger partial charge in [-0.2, -0.15) is 0 Å². The zero-order chi connectivity index (χ0) is 14.9. The molecule has 5 nitrogen and oxygen atoms in total. The SMILES string of the molecule is Cc1ccc(C2CCN(S(C)(=O)=O)CC2)c(C=N)c1N. The first-order chi connectivity index (χ1) is 9.34. The molecule has 0 aromatic heterocycles. The molecule has 3 N–H and O–H groups in total. The number of rotatable bonds is 3. The molecular formula is C14H21N3O2S. The molecule has 0 aliphatic carbocycles. The van der Waals surface area contributed by atoms with Crippen molar-refractivity contribution in [2.24, 2.45) is 0 Å². The monoisotopic (exact) mass is 295 g/mol. The maximum absolute atomic E-state index is 11.5. The van der Waals surface area contributed by atoms with Crippen molar-refractivity contribution in [2.75, 3.05) is 25.1 Å². The molecule has 20 heavy (non-hydrogen) atoms. The molecular weight excluding hydrogens is 274 g/mol. The molecule has 1 fully saturated rings. The minimum Gasteiger partial charge on any atom is -0.398 e. The number of hydrogen-bond acceptors (Lipinski definition) is 4. The lowest BCUT2D eigenvalue weighted by Crippen LogP contribution is -2.37. The van der Waals surface area contributed by atoms with Gasteiger partial charge >= 0.3 is 0 Å². The summed E-state index contributed by atoms with van der Waals surface area (Å²) in [6, 6.07) is 3.99. The molecule has 0 bridgehead atoms. The van der Waals surface area contributed by atoms with Crippen molar-refractivity contribution in [3.63, 3.8) is 0 Å². The maximum Gasteiger partial charge on any atom is 0.211 e. The number of piperidine rings is 1. The molecule has 1 saturated heterocycles. The lowest BCUT2D eigenvalue weighted by atomic mass is 9.86. The lowest BCUT2D eigenvalue weighted by molar-refractivity contribution is 0.321. The molecule has 0 amide bonds. The van der Waals surface area contributed by atoms with Crippen molar-refractivity contribution in [3.8, 4) is 0 Å². The average molecular weight is 295 g/mol. The van der Waals surface area contributed by atoms with Gasteiger partial charge in [0.15, 0.2) is 0 Å². The Labute approximate surface area is 120 Å². The molecule has 1 aromatic rings. The highest BCUT2D eigenvalue weighted by Crippen LogP contribution is 2.33. The van der Waals surface area contributed by atoms with Gasteiger partial charge in [-0.1, -0.05) is 12.1 Å². The van der Waals surface area contributed by atoms with E-state index in [0.29, 0.717) is 18.8 Å². The maximum atomic E-state index is 11.5. The van der Waals surface area contributed by atoms with Crippen LogP contribution in [0.15, 0.2) is 12.1 Å². The zero-order valence-corrected chi connectivity index (χ0v) is 12.7. The second-order valence-electron chi connectivity index (χ2n) is 5.38. The minimum atomic E-state index is -3.10. The number of sulfonamides is 1. The second-order valence-corrected chi connectivity index (χ2v) is 7.36. The molecule has 1 aliphatic rings. The smallest absolute Gasteiger partial charge is 0.211 e. The third kappa shape index (κ3) is 2.86. The van der Waals surface area contributed by atoms with Gasteiger partial charge in [0.2, 0.25) is 10.0 Å². The average Bonchev–Trinajstić information content (AvgIpc) is 2.41. The van der Waals surface area contributed by atoms with Gasteiger partial charge in [-0.05, 0) is 36.8 Å². The van der Waals surface area contributed by atoms with Crippen molar-refractivity contribution in [1.29, 1.82) is 5.41 Å². The number of benzene rings is 1.